The number of carbonyl (C=O) groups is 1. The van der Waals surface area contributed by atoms with Crippen LogP contribution >= 0.6 is 0 Å². The monoisotopic (exact) mass is 392 g/mol. The average molecular weight is 392 g/mol. The number of nitrogens with one attached hydrogen (secondary N) is 1. The van der Waals surface area contributed by atoms with E-state index < -0.39 is 0 Å². The molecule has 0 radical (unpaired) electrons. The fourth-order valence-corrected chi connectivity index (χ4v) is 3.59. The number of anilines is 1. The Morgan fingerprint density at radius 2 is 1.63 bits per heavy atom. The Morgan fingerprint density at radius 3 is 2.47 bits per heavy atom. The van der Waals surface area contributed by atoms with E-state index in [9.17, 15) is 4.79 Å². The molecule has 1 amide bonds. The van der Waals surface area contributed by atoms with Crippen molar-refractivity contribution in [1.29, 1.82) is 0 Å². The summed E-state index contributed by atoms with van der Waals surface area (Å²) in [5.41, 5.74) is 5.02. The van der Waals surface area contributed by atoms with Crippen LogP contribution in [0.15, 0.2) is 84.9 Å². The summed E-state index contributed by atoms with van der Waals surface area (Å²) in [6.45, 7) is 2.13. The van der Waals surface area contributed by atoms with Gasteiger partial charge in [-0.25, -0.2) is 0 Å². The molecule has 0 aliphatic carbocycles. The van der Waals surface area contributed by atoms with Gasteiger partial charge >= 0.3 is 0 Å². The lowest BCUT2D eigenvalue weighted by Gasteiger charge is -2.08. The molecule has 0 saturated carbocycles. The van der Waals surface area contributed by atoms with E-state index in [1.165, 1.54) is 5.56 Å². The molecular formula is C25H20N4O. The van der Waals surface area contributed by atoms with Crippen LogP contribution in [0.2, 0.25) is 0 Å². The molecular weight excluding hydrogens is 372 g/mol. The predicted molar refractivity (Wildman–Crippen MR) is 120 cm³/mol. The summed E-state index contributed by atoms with van der Waals surface area (Å²) in [4.78, 5) is 14.5. The molecule has 1 aromatic heterocycles. The number of aromatic nitrogens is 3. The largest absolute Gasteiger partial charge is 0.322 e. The maximum Gasteiger partial charge on any atom is 0.256 e. The molecule has 0 atom stereocenters. The van der Waals surface area contributed by atoms with E-state index in [0.717, 1.165) is 33.9 Å². The lowest BCUT2D eigenvalue weighted by molar-refractivity contribution is 0.102. The van der Waals surface area contributed by atoms with Crippen molar-refractivity contribution in [3.63, 3.8) is 0 Å². The molecule has 0 fully saturated rings. The first-order valence-corrected chi connectivity index (χ1v) is 9.97. The van der Waals surface area contributed by atoms with Gasteiger partial charge in [-0.2, -0.15) is 4.80 Å². The molecule has 0 unspecified atom stereocenters. The highest BCUT2D eigenvalue weighted by Gasteiger charge is 2.11. The molecule has 5 aromatic rings. The second kappa shape index (κ2) is 7.44. The smallest absolute Gasteiger partial charge is 0.256 e. The Balaban J connectivity index is 1.44. The van der Waals surface area contributed by atoms with Gasteiger partial charge in [0.2, 0.25) is 0 Å². The molecule has 0 saturated heterocycles. The minimum atomic E-state index is -0.145. The normalized spacial score (nSPS) is 11.1. The molecule has 0 bridgehead atoms. The topological polar surface area (TPSA) is 59.8 Å². The van der Waals surface area contributed by atoms with Crippen molar-refractivity contribution in [2.24, 2.45) is 0 Å². The third kappa shape index (κ3) is 3.31. The highest BCUT2D eigenvalue weighted by molar-refractivity contribution is 6.13. The van der Waals surface area contributed by atoms with E-state index >= 15 is 0 Å². The molecule has 1 heterocycles. The Kier molecular flexibility index (Phi) is 4.48. The van der Waals surface area contributed by atoms with Gasteiger partial charge in [-0.3, -0.25) is 4.79 Å². The number of amides is 1. The number of hydrogen-bond donors (Lipinski definition) is 1. The Morgan fingerprint density at radius 1 is 0.867 bits per heavy atom. The number of aryl methyl sites for hydroxylation is 1. The quantitative estimate of drug-likeness (QED) is 0.446. The second-order valence-electron chi connectivity index (χ2n) is 7.19. The van der Waals surface area contributed by atoms with E-state index in [-0.39, 0.29) is 5.91 Å². The van der Waals surface area contributed by atoms with E-state index in [1.54, 1.807) is 4.80 Å². The Labute approximate surface area is 174 Å². The van der Waals surface area contributed by atoms with Crippen LogP contribution in [0.3, 0.4) is 0 Å². The lowest BCUT2D eigenvalue weighted by atomic mass is 10.0. The first kappa shape index (κ1) is 18.1. The van der Waals surface area contributed by atoms with Gasteiger partial charge in [-0.15, -0.1) is 10.2 Å². The molecule has 5 nitrogen and oxygen atoms in total. The minimum absolute atomic E-state index is 0.145. The number of fused-ring (bicyclic) bond motifs is 2. The molecule has 0 spiro atoms. The fraction of sp³-hybridized carbons (Fsp3) is 0.0800. The van der Waals surface area contributed by atoms with Crippen molar-refractivity contribution in [3.8, 4) is 5.69 Å². The highest BCUT2D eigenvalue weighted by Crippen LogP contribution is 2.22. The molecule has 1 N–H and O–H groups in total. The molecule has 0 aliphatic heterocycles. The summed E-state index contributed by atoms with van der Waals surface area (Å²) < 4.78 is 0. The highest BCUT2D eigenvalue weighted by atomic mass is 16.1. The third-order valence-electron chi connectivity index (χ3n) is 5.25. The number of nitrogens with zero attached hydrogens (tertiary/aromatic N) is 3. The van der Waals surface area contributed by atoms with Gasteiger partial charge in [0.15, 0.2) is 0 Å². The van der Waals surface area contributed by atoms with Crippen LogP contribution < -0.4 is 5.32 Å². The van der Waals surface area contributed by atoms with E-state index in [2.05, 4.69) is 34.6 Å². The number of rotatable bonds is 4. The zero-order valence-electron chi connectivity index (χ0n) is 16.5. The van der Waals surface area contributed by atoms with Crippen LogP contribution in [0.25, 0.3) is 27.5 Å². The van der Waals surface area contributed by atoms with Gasteiger partial charge in [0.25, 0.3) is 5.91 Å². The zero-order chi connectivity index (χ0) is 20.5. The molecule has 0 aliphatic rings. The maximum atomic E-state index is 12.9. The van der Waals surface area contributed by atoms with E-state index in [4.69, 9.17) is 0 Å². The fourth-order valence-electron chi connectivity index (χ4n) is 3.59. The van der Waals surface area contributed by atoms with Crippen molar-refractivity contribution in [2.75, 3.05) is 5.32 Å². The Hall–Kier alpha value is -3.99. The molecule has 30 heavy (non-hydrogen) atoms. The summed E-state index contributed by atoms with van der Waals surface area (Å²) >= 11 is 0. The molecule has 146 valence electrons. The average Bonchev–Trinajstić information content (AvgIpc) is 3.22. The standard InChI is InChI=1S/C25H20N4O/c1-2-17-10-13-20(14-11-17)29-27-23-15-12-19(16-24(23)28-29)26-25(30)22-9-5-7-18-6-3-4-8-21(18)22/h3-16H,2H2,1H3,(H,26,30). The first-order chi connectivity index (χ1) is 14.7. The van der Waals surface area contributed by atoms with Gasteiger partial charge in [-0.05, 0) is 59.2 Å². The number of benzene rings is 4. The second-order valence-corrected chi connectivity index (χ2v) is 7.19. The first-order valence-electron chi connectivity index (χ1n) is 9.97. The van der Waals surface area contributed by atoms with Crippen LogP contribution in [-0.2, 0) is 6.42 Å². The van der Waals surface area contributed by atoms with Crippen LogP contribution in [0.1, 0.15) is 22.8 Å². The summed E-state index contributed by atoms with van der Waals surface area (Å²) in [6, 6.07) is 27.4. The van der Waals surface area contributed by atoms with Gasteiger partial charge in [0.1, 0.15) is 11.0 Å². The van der Waals surface area contributed by atoms with E-state index in [0.29, 0.717) is 11.3 Å². The number of hydrogen-bond acceptors (Lipinski definition) is 3. The van der Waals surface area contributed by atoms with Crippen LogP contribution in [0.4, 0.5) is 5.69 Å². The van der Waals surface area contributed by atoms with Crippen molar-refractivity contribution in [2.45, 2.75) is 13.3 Å². The minimum Gasteiger partial charge on any atom is -0.322 e. The maximum absolute atomic E-state index is 12.9. The SMILES string of the molecule is CCc1ccc(-n2nc3ccc(NC(=O)c4cccc5ccccc45)cc3n2)cc1. The molecule has 5 heteroatoms. The summed E-state index contributed by atoms with van der Waals surface area (Å²) in [6.07, 6.45) is 0.995. The molecule has 4 aromatic carbocycles. The summed E-state index contributed by atoms with van der Waals surface area (Å²) in [7, 11) is 0. The van der Waals surface area contributed by atoms with Gasteiger partial charge in [0.05, 0.1) is 5.69 Å². The predicted octanol–water partition coefficient (Wildman–Crippen LogP) is 5.39. The third-order valence-corrected chi connectivity index (χ3v) is 5.25. The van der Waals surface area contributed by atoms with Crippen LogP contribution in [0.5, 0.6) is 0 Å². The van der Waals surface area contributed by atoms with Crippen molar-refractivity contribution < 1.29 is 4.79 Å². The lowest BCUT2D eigenvalue weighted by Crippen LogP contribution is -2.12. The van der Waals surface area contributed by atoms with Crippen LogP contribution in [0, 0.1) is 0 Å². The summed E-state index contributed by atoms with van der Waals surface area (Å²) in [5, 5.41) is 14.1. The van der Waals surface area contributed by atoms with Crippen molar-refractivity contribution in [1.82, 2.24) is 15.0 Å². The van der Waals surface area contributed by atoms with Gasteiger partial charge in [0, 0.05) is 11.3 Å². The number of carbonyl (C=O) groups excluding carboxylic acids is 1. The van der Waals surface area contributed by atoms with E-state index in [1.807, 2.05) is 72.8 Å². The molecule has 5 rings (SSSR count). The van der Waals surface area contributed by atoms with Crippen LogP contribution in [-0.4, -0.2) is 20.9 Å². The zero-order valence-corrected chi connectivity index (χ0v) is 16.5. The Bertz CT molecular complexity index is 1360. The van der Waals surface area contributed by atoms with Gasteiger partial charge in [-0.1, -0.05) is 55.5 Å². The van der Waals surface area contributed by atoms with Gasteiger partial charge < -0.3 is 5.32 Å². The summed E-state index contributed by atoms with van der Waals surface area (Å²) in [5.74, 6) is -0.145. The van der Waals surface area contributed by atoms with Crippen molar-refractivity contribution in [3.05, 3.63) is 96.1 Å². The van der Waals surface area contributed by atoms with Crippen molar-refractivity contribution >= 4 is 33.4 Å².